The predicted molar refractivity (Wildman–Crippen MR) is 78.6 cm³/mol. The van der Waals surface area contributed by atoms with Gasteiger partial charge in [0.05, 0.1) is 11.8 Å². The van der Waals surface area contributed by atoms with E-state index in [-0.39, 0.29) is 6.54 Å². The summed E-state index contributed by atoms with van der Waals surface area (Å²) in [5, 5.41) is 11.4. The van der Waals surface area contributed by atoms with E-state index in [1.165, 1.54) is 0 Å². The van der Waals surface area contributed by atoms with Crippen molar-refractivity contribution in [3.8, 4) is 0 Å². The van der Waals surface area contributed by atoms with Gasteiger partial charge in [-0.15, -0.1) is 0 Å². The van der Waals surface area contributed by atoms with Crippen molar-refractivity contribution in [1.29, 1.82) is 0 Å². The Morgan fingerprint density at radius 2 is 2.04 bits per heavy atom. The number of nitrogens with one attached hydrogen (secondary N) is 1. The van der Waals surface area contributed by atoms with Crippen LogP contribution in [0.4, 0.5) is 18.0 Å². The van der Waals surface area contributed by atoms with Crippen LogP contribution >= 0.6 is 15.9 Å². The molecule has 1 aromatic carbocycles. The third kappa shape index (κ3) is 4.37. The summed E-state index contributed by atoms with van der Waals surface area (Å²) in [7, 11) is 0. The van der Waals surface area contributed by atoms with Gasteiger partial charge in [-0.3, -0.25) is 4.79 Å². The number of benzene rings is 1. The molecule has 0 radical (unpaired) electrons. The lowest BCUT2D eigenvalue weighted by molar-refractivity contribution is -0.187. The maximum absolute atomic E-state index is 12.9. The van der Waals surface area contributed by atoms with Gasteiger partial charge in [-0.05, 0) is 17.7 Å². The highest BCUT2D eigenvalue weighted by molar-refractivity contribution is 9.10. The topological polar surface area (TPSA) is 69.6 Å². The molecule has 0 unspecified atom stereocenters. The Hall–Kier alpha value is -1.77. The van der Waals surface area contributed by atoms with Crippen molar-refractivity contribution < 1.29 is 27.9 Å². The van der Waals surface area contributed by atoms with E-state index in [0.29, 0.717) is 0 Å². The van der Waals surface area contributed by atoms with Crippen LogP contribution in [0.15, 0.2) is 28.7 Å². The second-order valence-corrected chi connectivity index (χ2v) is 6.20. The van der Waals surface area contributed by atoms with Gasteiger partial charge < -0.3 is 15.3 Å². The van der Waals surface area contributed by atoms with Crippen LogP contribution in [0.2, 0.25) is 0 Å². The standard InChI is InChI=1S/C14H14BrF3N2O3/c15-9-3-1-2-8(4-9)5-19-13(23)20-6-10(12(21)22)11(7-20)14(16,17)18/h1-4,10-11H,5-7H2,(H,19,23)(H,21,22)/t10-,11-/m1/s1. The maximum atomic E-state index is 12.9. The van der Waals surface area contributed by atoms with Gasteiger partial charge in [0.25, 0.3) is 0 Å². The van der Waals surface area contributed by atoms with E-state index in [4.69, 9.17) is 5.11 Å². The van der Waals surface area contributed by atoms with Crippen molar-refractivity contribution in [2.45, 2.75) is 12.7 Å². The molecule has 2 N–H and O–H groups in total. The molecule has 1 heterocycles. The zero-order chi connectivity index (χ0) is 17.2. The Bertz CT molecular complexity index is 609. The van der Waals surface area contributed by atoms with E-state index in [1.807, 2.05) is 0 Å². The van der Waals surface area contributed by atoms with Crippen LogP contribution in [-0.4, -0.2) is 41.3 Å². The molecule has 2 amide bonds. The van der Waals surface area contributed by atoms with Gasteiger partial charge in [-0.1, -0.05) is 28.1 Å². The molecule has 0 aliphatic carbocycles. The van der Waals surface area contributed by atoms with E-state index in [9.17, 15) is 22.8 Å². The number of carbonyl (C=O) groups is 2. The molecule has 0 spiro atoms. The average Bonchev–Trinajstić information content (AvgIpc) is 2.90. The van der Waals surface area contributed by atoms with Crippen LogP contribution in [0.25, 0.3) is 0 Å². The molecule has 1 saturated heterocycles. The van der Waals surface area contributed by atoms with Gasteiger partial charge >= 0.3 is 18.2 Å². The van der Waals surface area contributed by atoms with E-state index >= 15 is 0 Å². The van der Waals surface area contributed by atoms with E-state index in [2.05, 4.69) is 21.2 Å². The number of nitrogens with zero attached hydrogens (tertiary/aromatic N) is 1. The molecule has 0 aromatic heterocycles. The number of likely N-dealkylation sites (tertiary alicyclic amines) is 1. The smallest absolute Gasteiger partial charge is 0.394 e. The fraction of sp³-hybridized carbons (Fsp3) is 0.429. The summed E-state index contributed by atoms with van der Waals surface area (Å²) in [6, 6.07) is 6.39. The van der Waals surface area contributed by atoms with Gasteiger partial charge in [0, 0.05) is 24.1 Å². The Morgan fingerprint density at radius 1 is 1.35 bits per heavy atom. The molecule has 5 nitrogen and oxygen atoms in total. The molecule has 0 bridgehead atoms. The van der Waals surface area contributed by atoms with Crippen LogP contribution in [0.3, 0.4) is 0 Å². The van der Waals surface area contributed by atoms with Crippen molar-refractivity contribution in [2.24, 2.45) is 11.8 Å². The number of halogens is 4. The Balaban J connectivity index is 1.99. The molecular formula is C14H14BrF3N2O3. The number of urea groups is 1. The zero-order valence-electron chi connectivity index (χ0n) is 11.8. The summed E-state index contributed by atoms with van der Waals surface area (Å²) < 4.78 is 39.4. The van der Waals surface area contributed by atoms with Crippen LogP contribution in [0.1, 0.15) is 5.56 Å². The number of carbonyl (C=O) groups excluding carboxylic acids is 1. The molecular weight excluding hydrogens is 381 g/mol. The lowest BCUT2D eigenvalue weighted by Gasteiger charge is -2.18. The minimum Gasteiger partial charge on any atom is -0.481 e. The maximum Gasteiger partial charge on any atom is 0.394 e. The fourth-order valence-corrected chi connectivity index (χ4v) is 2.93. The third-order valence-electron chi connectivity index (χ3n) is 3.68. The highest BCUT2D eigenvalue weighted by atomic mass is 79.9. The summed E-state index contributed by atoms with van der Waals surface area (Å²) in [6.45, 7) is -0.961. The van der Waals surface area contributed by atoms with Crippen LogP contribution in [0, 0.1) is 11.8 Å². The summed E-state index contributed by atoms with van der Waals surface area (Å²) >= 11 is 3.28. The number of alkyl halides is 3. The molecule has 2 atom stereocenters. The number of amides is 2. The predicted octanol–water partition coefficient (Wildman–Crippen LogP) is 2.85. The lowest BCUT2D eigenvalue weighted by Crippen LogP contribution is -2.39. The summed E-state index contributed by atoms with van der Waals surface area (Å²) in [5.41, 5.74) is 0.772. The largest absolute Gasteiger partial charge is 0.481 e. The van der Waals surface area contributed by atoms with E-state index in [0.717, 1.165) is 14.9 Å². The first-order valence-electron chi connectivity index (χ1n) is 6.75. The molecule has 1 fully saturated rings. The second-order valence-electron chi connectivity index (χ2n) is 5.29. The van der Waals surface area contributed by atoms with Gasteiger partial charge in [-0.2, -0.15) is 13.2 Å². The Morgan fingerprint density at radius 3 is 2.57 bits per heavy atom. The van der Waals surface area contributed by atoms with Crippen LogP contribution in [0.5, 0.6) is 0 Å². The molecule has 1 aromatic rings. The Labute approximate surface area is 138 Å². The minimum absolute atomic E-state index is 0.142. The van der Waals surface area contributed by atoms with Crippen molar-refractivity contribution in [2.75, 3.05) is 13.1 Å². The third-order valence-corrected chi connectivity index (χ3v) is 4.17. The highest BCUT2D eigenvalue weighted by Crippen LogP contribution is 2.37. The quantitative estimate of drug-likeness (QED) is 0.827. The van der Waals surface area contributed by atoms with E-state index < -0.39 is 43.1 Å². The first-order chi connectivity index (χ1) is 10.7. The average molecular weight is 395 g/mol. The summed E-state index contributed by atoms with van der Waals surface area (Å²) in [5.74, 6) is -5.22. The molecule has 23 heavy (non-hydrogen) atoms. The number of carboxylic acid groups (broad SMARTS) is 1. The van der Waals surface area contributed by atoms with Gasteiger partial charge in [0.15, 0.2) is 0 Å². The normalized spacial score (nSPS) is 21.3. The monoisotopic (exact) mass is 394 g/mol. The van der Waals surface area contributed by atoms with Crippen LogP contribution < -0.4 is 5.32 Å². The number of carboxylic acids is 1. The first kappa shape index (κ1) is 17.6. The first-order valence-corrected chi connectivity index (χ1v) is 7.54. The van der Waals surface area contributed by atoms with Crippen molar-refractivity contribution in [1.82, 2.24) is 10.2 Å². The van der Waals surface area contributed by atoms with Gasteiger partial charge in [0.2, 0.25) is 0 Å². The molecule has 9 heteroatoms. The van der Waals surface area contributed by atoms with Gasteiger partial charge in [-0.25, -0.2) is 4.79 Å². The number of hydrogen-bond acceptors (Lipinski definition) is 2. The minimum atomic E-state index is -4.65. The zero-order valence-corrected chi connectivity index (χ0v) is 13.4. The second kappa shape index (κ2) is 6.77. The number of rotatable bonds is 3. The van der Waals surface area contributed by atoms with E-state index in [1.54, 1.807) is 24.3 Å². The Kier molecular flexibility index (Phi) is 5.18. The van der Waals surface area contributed by atoms with Gasteiger partial charge in [0.1, 0.15) is 0 Å². The van der Waals surface area contributed by atoms with Crippen molar-refractivity contribution >= 4 is 27.9 Å². The lowest BCUT2D eigenvalue weighted by atomic mass is 9.96. The molecule has 2 rings (SSSR count). The SMILES string of the molecule is O=C(O)[C@@H]1CN(C(=O)NCc2cccc(Br)c2)C[C@H]1C(F)(F)F. The number of aliphatic carboxylic acids is 1. The fourth-order valence-electron chi connectivity index (χ4n) is 2.49. The summed E-state index contributed by atoms with van der Waals surface area (Å²) in [4.78, 5) is 23.9. The molecule has 0 saturated carbocycles. The molecule has 1 aliphatic heterocycles. The van der Waals surface area contributed by atoms with Crippen molar-refractivity contribution in [3.05, 3.63) is 34.3 Å². The highest BCUT2D eigenvalue weighted by Gasteiger charge is 2.53. The number of hydrogen-bond donors (Lipinski definition) is 2. The van der Waals surface area contributed by atoms with Crippen LogP contribution in [-0.2, 0) is 11.3 Å². The molecule has 1 aliphatic rings. The van der Waals surface area contributed by atoms with Crippen molar-refractivity contribution in [3.63, 3.8) is 0 Å². The summed E-state index contributed by atoms with van der Waals surface area (Å²) in [6.07, 6.45) is -4.65. The molecule has 126 valence electrons.